The highest BCUT2D eigenvalue weighted by Gasteiger charge is 2.30. The molecule has 34 heavy (non-hydrogen) atoms. The van der Waals surface area contributed by atoms with Gasteiger partial charge in [-0.1, -0.05) is 0 Å². The largest absolute Gasteiger partial charge is 0.381 e. The second kappa shape index (κ2) is 12.3. The summed E-state index contributed by atoms with van der Waals surface area (Å²) in [5.41, 5.74) is 0.631. The molecule has 1 amide bonds. The van der Waals surface area contributed by atoms with Gasteiger partial charge in [-0.05, 0) is 120 Å². The Morgan fingerprint density at radius 3 is 2.18 bits per heavy atom. The van der Waals surface area contributed by atoms with E-state index in [2.05, 4.69) is 10.2 Å². The molecule has 1 saturated heterocycles. The number of hydrogen-bond acceptors (Lipinski definition) is 4. The number of benzene rings is 1. The molecule has 2 saturated carbocycles. The van der Waals surface area contributed by atoms with E-state index in [1.165, 1.54) is 31.4 Å². The standard InChI is InChI=1S/C28H41FN2O3/c1-34-26-12-6-23(7-13-26)28(33)30-25-10-2-20(3-11-25)14-17-31-18-15-22(16-19-31)27(32)21-4-8-24(29)9-5-21/h4-5,8-9,20,22-23,25-26H,2-3,6-7,10-19H2,1H3,(H,30,33)/t20-,23?,25-,26?. The fraction of sp³-hybridized carbons (Fsp3) is 0.714. The van der Waals surface area contributed by atoms with Crippen LogP contribution in [0.4, 0.5) is 4.39 Å². The zero-order valence-electron chi connectivity index (χ0n) is 20.6. The summed E-state index contributed by atoms with van der Waals surface area (Å²) in [7, 11) is 1.77. The summed E-state index contributed by atoms with van der Waals surface area (Å²) < 4.78 is 18.5. The van der Waals surface area contributed by atoms with Crippen LogP contribution in [0.3, 0.4) is 0 Å². The Morgan fingerprint density at radius 2 is 1.56 bits per heavy atom. The van der Waals surface area contributed by atoms with Crippen molar-refractivity contribution in [1.29, 1.82) is 0 Å². The third-order valence-electron chi connectivity index (χ3n) is 8.51. The van der Waals surface area contributed by atoms with Crippen molar-refractivity contribution in [3.8, 4) is 0 Å². The van der Waals surface area contributed by atoms with Crippen molar-refractivity contribution >= 4 is 11.7 Å². The van der Waals surface area contributed by atoms with Gasteiger partial charge >= 0.3 is 0 Å². The van der Waals surface area contributed by atoms with Crippen LogP contribution in [0.5, 0.6) is 0 Å². The molecule has 1 aromatic rings. The highest BCUT2D eigenvalue weighted by Crippen LogP contribution is 2.30. The van der Waals surface area contributed by atoms with E-state index in [0.29, 0.717) is 17.7 Å². The number of carbonyl (C=O) groups excluding carboxylic acids is 2. The van der Waals surface area contributed by atoms with Crippen LogP contribution in [0.2, 0.25) is 0 Å². The Bertz CT molecular complexity index is 790. The number of methoxy groups -OCH3 is 1. The van der Waals surface area contributed by atoms with Gasteiger partial charge in [0.05, 0.1) is 6.10 Å². The first-order valence-corrected chi connectivity index (χ1v) is 13.4. The Morgan fingerprint density at radius 1 is 0.912 bits per heavy atom. The molecule has 0 aromatic heterocycles. The molecule has 5 nitrogen and oxygen atoms in total. The Kier molecular flexibility index (Phi) is 9.12. The number of nitrogens with zero attached hydrogens (tertiary/aromatic N) is 1. The first kappa shape index (κ1) is 25.3. The fourth-order valence-electron chi connectivity index (χ4n) is 6.11. The molecular formula is C28H41FN2O3. The third-order valence-corrected chi connectivity index (χ3v) is 8.51. The van der Waals surface area contributed by atoms with E-state index in [9.17, 15) is 14.0 Å². The van der Waals surface area contributed by atoms with Gasteiger partial charge in [-0.15, -0.1) is 0 Å². The molecular weight excluding hydrogens is 431 g/mol. The summed E-state index contributed by atoms with van der Waals surface area (Å²) in [4.78, 5) is 27.8. The minimum Gasteiger partial charge on any atom is -0.381 e. The Hall–Kier alpha value is -1.79. The van der Waals surface area contributed by atoms with E-state index in [-0.39, 0.29) is 29.3 Å². The van der Waals surface area contributed by atoms with Crippen LogP contribution in [0.15, 0.2) is 24.3 Å². The van der Waals surface area contributed by atoms with Crippen molar-refractivity contribution < 1.29 is 18.7 Å². The smallest absolute Gasteiger partial charge is 0.223 e. The number of amides is 1. The molecule has 0 spiro atoms. The quantitative estimate of drug-likeness (QED) is 0.542. The summed E-state index contributed by atoms with van der Waals surface area (Å²) in [6.45, 7) is 3.03. The van der Waals surface area contributed by atoms with Crippen molar-refractivity contribution in [3.63, 3.8) is 0 Å². The monoisotopic (exact) mass is 472 g/mol. The Labute approximate surface area is 203 Å². The molecule has 1 aliphatic heterocycles. The van der Waals surface area contributed by atoms with Crippen LogP contribution in [0.25, 0.3) is 0 Å². The van der Waals surface area contributed by atoms with Gasteiger partial charge in [0.25, 0.3) is 0 Å². The highest BCUT2D eigenvalue weighted by atomic mass is 19.1. The van der Waals surface area contributed by atoms with Gasteiger partial charge in [-0.2, -0.15) is 0 Å². The topological polar surface area (TPSA) is 58.6 Å². The van der Waals surface area contributed by atoms with Crippen molar-refractivity contribution in [2.24, 2.45) is 17.8 Å². The normalized spacial score (nSPS) is 29.0. The lowest BCUT2D eigenvalue weighted by Gasteiger charge is -2.34. The van der Waals surface area contributed by atoms with E-state index >= 15 is 0 Å². The van der Waals surface area contributed by atoms with Gasteiger partial charge in [-0.25, -0.2) is 4.39 Å². The molecule has 0 bridgehead atoms. The zero-order valence-corrected chi connectivity index (χ0v) is 20.6. The number of ether oxygens (including phenoxy) is 1. The maximum absolute atomic E-state index is 13.1. The SMILES string of the molecule is COC1CCC(C(=O)N[C@H]2CC[C@H](CCN3CCC(C(=O)c4ccc(F)cc4)CC3)CC2)CC1. The molecule has 2 aliphatic carbocycles. The fourth-order valence-corrected chi connectivity index (χ4v) is 6.11. The third kappa shape index (κ3) is 6.88. The van der Waals surface area contributed by atoms with E-state index < -0.39 is 0 Å². The first-order chi connectivity index (χ1) is 16.5. The van der Waals surface area contributed by atoms with Crippen molar-refractivity contribution in [1.82, 2.24) is 10.2 Å². The van der Waals surface area contributed by atoms with E-state index in [1.807, 2.05) is 0 Å². The van der Waals surface area contributed by atoms with Gasteiger partial charge in [0, 0.05) is 30.6 Å². The molecule has 3 aliphatic rings. The molecule has 4 rings (SSSR count). The van der Waals surface area contributed by atoms with Gasteiger partial charge < -0.3 is 15.0 Å². The molecule has 0 radical (unpaired) electrons. The maximum atomic E-state index is 13.1. The number of piperidine rings is 1. The predicted octanol–water partition coefficient (Wildman–Crippen LogP) is 4.99. The van der Waals surface area contributed by atoms with Crippen LogP contribution in [0.1, 0.15) is 81.0 Å². The lowest BCUT2D eigenvalue weighted by Crippen LogP contribution is -2.42. The van der Waals surface area contributed by atoms with Crippen LogP contribution >= 0.6 is 0 Å². The van der Waals surface area contributed by atoms with Crippen molar-refractivity contribution in [2.75, 3.05) is 26.7 Å². The second-order valence-electron chi connectivity index (χ2n) is 10.7. The minimum atomic E-state index is -0.298. The van der Waals surface area contributed by atoms with Crippen molar-refractivity contribution in [3.05, 3.63) is 35.6 Å². The first-order valence-electron chi connectivity index (χ1n) is 13.4. The van der Waals surface area contributed by atoms with E-state index in [0.717, 1.165) is 76.9 Å². The molecule has 0 unspecified atom stereocenters. The molecule has 3 fully saturated rings. The zero-order chi connectivity index (χ0) is 23.9. The summed E-state index contributed by atoms with van der Waals surface area (Å²) in [6, 6.07) is 6.30. The molecule has 1 aromatic carbocycles. The average Bonchev–Trinajstić information content (AvgIpc) is 2.88. The van der Waals surface area contributed by atoms with Crippen LogP contribution < -0.4 is 5.32 Å². The summed E-state index contributed by atoms with van der Waals surface area (Å²) in [5, 5.41) is 3.34. The number of nitrogens with one attached hydrogen (secondary N) is 1. The number of ketones is 1. The van der Waals surface area contributed by atoms with E-state index in [1.54, 1.807) is 19.2 Å². The number of hydrogen-bond donors (Lipinski definition) is 1. The molecule has 1 N–H and O–H groups in total. The van der Waals surface area contributed by atoms with Crippen LogP contribution in [0, 0.1) is 23.6 Å². The number of carbonyl (C=O) groups is 2. The van der Waals surface area contributed by atoms with Crippen molar-refractivity contribution in [2.45, 2.75) is 82.8 Å². The van der Waals surface area contributed by atoms with Gasteiger partial charge in [0.1, 0.15) is 5.82 Å². The van der Waals surface area contributed by atoms with Gasteiger partial charge in [0.2, 0.25) is 5.91 Å². The van der Waals surface area contributed by atoms with Crippen LogP contribution in [-0.4, -0.2) is 55.5 Å². The molecule has 188 valence electrons. The summed E-state index contributed by atoms with van der Waals surface area (Å²) in [6.07, 6.45) is 11.8. The lowest BCUT2D eigenvalue weighted by atomic mass is 9.82. The molecule has 0 atom stereocenters. The predicted molar refractivity (Wildman–Crippen MR) is 131 cm³/mol. The minimum absolute atomic E-state index is 0.0605. The lowest BCUT2D eigenvalue weighted by molar-refractivity contribution is -0.127. The summed E-state index contributed by atoms with van der Waals surface area (Å²) >= 11 is 0. The van der Waals surface area contributed by atoms with Gasteiger partial charge in [-0.3, -0.25) is 9.59 Å². The van der Waals surface area contributed by atoms with Gasteiger partial charge in [0.15, 0.2) is 5.78 Å². The Balaban J connectivity index is 1.10. The number of likely N-dealkylation sites (tertiary alicyclic amines) is 1. The number of halogens is 1. The summed E-state index contributed by atoms with van der Waals surface area (Å²) in [5.74, 6) is 1.09. The maximum Gasteiger partial charge on any atom is 0.223 e. The number of rotatable bonds is 8. The van der Waals surface area contributed by atoms with E-state index in [4.69, 9.17) is 4.74 Å². The van der Waals surface area contributed by atoms with Crippen LogP contribution in [-0.2, 0) is 9.53 Å². The second-order valence-corrected chi connectivity index (χ2v) is 10.7. The average molecular weight is 473 g/mol. The molecule has 6 heteroatoms. The number of Topliss-reactive ketones (excluding diaryl/α,β-unsaturated/α-hetero) is 1. The molecule has 1 heterocycles. The highest BCUT2D eigenvalue weighted by molar-refractivity contribution is 5.97.